The highest BCUT2D eigenvalue weighted by Gasteiger charge is 2.26. The molecule has 0 bridgehead atoms. The number of nitrogens with one attached hydrogen (secondary N) is 2. The van der Waals surface area contributed by atoms with Gasteiger partial charge in [-0.15, -0.1) is 0 Å². The van der Waals surface area contributed by atoms with Gasteiger partial charge in [0.15, 0.2) is 0 Å². The van der Waals surface area contributed by atoms with Crippen LogP contribution >= 0.6 is 0 Å². The molecule has 0 atom stereocenters. The lowest BCUT2D eigenvalue weighted by Crippen LogP contribution is -2.34. The average molecular weight is 440 g/mol. The number of benzene rings is 2. The molecule has 1 fully saturated rings. The molecule has 0 unspecified atom stereocenters. The minimum atomic E-state index is -0.741. The molecular formula is C24H28N2O6. The number of aliphatic hydroxyl groups excluding tert-OH is 1. The standard InChI is InChI=1S/C24H28N2O6/c27-15-16-2-1-3-19(14-16)23(29)26-13-12-25-22(28)17-4-8-20(9-5-17)32-21-10-6-18(7-11-21)24(30)31/h1-5,8-9,14,18,21,27H,6-7,10-13,15H2,(H,25,28)(H,26,29)(H,30,31). The van der Waals surface area contributed by atoms with Gasteiger partial charge in [0.25, 0.3) is 11.8 Å². The molecule has 0 aliphatic heterocycles. The van der Waals surface area contributed by atoms with Crippen LogP contribution in [0.4, 0.5) is 0 Å². The summed E-state index contributed by atoms with van der Waals surface area (Å²) in [6, 6.07) is 13.5. The summed E-state index contributed by atoms with van der Waals surface area (Å²) in [5, 5.41) is 23.7. The first-order valence-electron chi connectivity index (χ1n) is 10.7. The lowest BCUT2D eigenvalue weighted by molar-refractivity contribution is -0.143. The van der Waals surface area contributed by atoms with Crippen LogP contribution in [0.15, 0.2) is 48.5 Å². The number of carbonyl (C=O) groups excluding carboxylic acids is 2. The average Bonchev–Trinajstić information content (AvgIpc) is 2.82. The summed E-state index contributed by atoms with van der Waals surface area (Å²) in [6.07, 6.45) is 2.63. The summed E-state index contributed by atoms with van der Waals surface area (Å²) in [5.41, 5.74) is 1.59. The molecule has 0 saturated heterocycles. The highest BCUT2D eigenvalue weighted by atomic mass is 16.5. The molecule has 32 heavy (non-hydrogen) atoms. The molecule has 1 saturated carbocycles. The Hall–Kier alpha value is -3.39. The minimum Gasteiger partial charge on any atom is -0.490 e. The van der Waals surface area contributed by atoms with Crippen LogP contribution in [0.25, 0.3) is 0 Å². The predicted molar refractivity (Wildman–Crippen MR) is 117 cm³/mol. The minimum absolute atomic E-state index is 0.00744. The lowest BCUT2D eigenvalue weighted by Gasteiger charge is -2.26. The molecule has 170 valence electrons. The quantitative estimate of drug-likeness (QED) is 0.444. The molecule has 2 aromatic carbocycles. The van der Waals surface area contributed by atoms with Crippen molar-refractivity contribution in [1.82, 2.24) is 10.6 Å². The summed E-state index contributed by atoms with van der Waals surface area (Å²) >= 11 is 0. The van der Waals surface area contributed by atoms with E-state index in [4.69, 9.17) is 14.9 Å². The van der Waals surface area contributed by atoms with Gasteiger partial charge in [-0.05, 0) is 67.6 Å². The van der Waals surface area contributed by atoms with Crippen LogP contribution in [-0.2, 0) is 11.4 Å². The van der Waals surface area contributed by atoms with Gasteiger partial charge in [0, 0.05) is 24.2 Å². The number of amides is 2. The Balaban J connectivity index is 1.39. The van der Waals surface area contributed by atoms with Gasteiger partial charge < -0.3 is 25.6 Å². The van der Waals surface area contributed by atoms with Gasteiger partial charge in [0.05, 0.1) is 18.6 Å². The maximum atomic E-state index is 12.3. The van der Waals surface area contributed by atoms with E-state index in [2.05, 4.69) is 10.6 Å². The van der Waals surface area contributed by atoms with Crippen molar-refractivity contribution in [2.75, 3.05) is 13.1 Å². The second-order valence-electron chi connectivity index (χ2n) is 7.82. The van der Waals surface area contributed by atoms with E-state index in [1.807, 2.05) is 0 Å². The molecule has 0 spiro atoms. The Kier molecular flexibility index (Phi) is 8.21. The third-order valence-corrected chi connectivity index (χ3v) is 5.51. The number of hydrogen-bond acceptors (Lipinski definition) is 5. The number of ether oxygens (including phenoxy) is 1. The van der Waals surface area contributed by atoms with Crippen LogP contribution in [0.2, 0.25) is 0 Å². The number of carbonyl (C=O) groups is 3. The summed E-state index contributed by atoms with van der Waals surface area (Å²) in [7, 11) is 0. The maximum absolute atomic E-state index is 12.3. The van der Waals surface area contributed by atoms with Crippen molar-refractivity contribution in [3.63, 3.8) is 0 Å². The highest BCUT2D eigenvalue weighted by molar-refractivity contribution is 5.95. The molecular weight excluding hydrogens is 412 g/mol. The smallest absolute Gasteiger partial charge is 0.306 e. The normalized spacial score (nSPS) is 17.9. The summed E-state index contributed by atoms with van der Waals surface area (Å²) < 4.78 is 5.91. The maximum Gasteiger partial charge on any atom is 0.306 e. The van der Waals surface area contributed by atoms with Crippen molar-refractivity contribution in [3.05, 3.63) is 65.2 Å². The largest absolute Gasteiger partial charge is 0.490 e. The number of aliphatic hydroxyl groups is 1. The fourth-order valence-electron chi connectivity index (χ4n) is 3.67. The van der Waals surface area contributed by atoms with E-state index in [-0.39, 0.29) is 43.5 Å². The Morgan fingerprint density at radius 1 is 0.875 bits per heavy atom. The molecule has 3 rings (SSSR count). The second kappa shape index (κ2) is 11.3. The van der Waals surface area contributed by atoms with Crippen LogP contribution in [0.1, 0.15) is 52.0 Å². The number of carboxylic acid groups (broad SMARTS) is 1. The zero-order chi connectivity index (χ0) is 22.9. The fraction of sp³-hybridized carbons (Fsp3) is 0.375. The molecule has 2 amide bonds. The van der Waals surface area contributed by atoms with Gasteiger partial charge in [-0.25, -0.2) is 0 Å². The van der Waals surface area contributed by atoms with Gasteiger partial charge in [-0.1, -0.05) is 12.1 Å². The van der Waals surface area contributed by atoms with Crippen molar-refractivity contribution < 1.29 is 29.3 Å². The molecule has 0 heterocycles. The topological polar surface area (TPSA) is 125 Å². The number of aliphatic carboxylic acids is 1. The number of rotatable bonds is 9. The fourth-order valence-corrected chi connectivity index (χ4v) is 3.67. The Morgan fingerprint density at radius 2 is 1.50 bits per heavy atom. The molecule has 1 aliphatic rings. The number of hydrogen-bond donors (Lipinski definition) is 4. The van der Waals surface area contributed by atoms with Gasteiger partial charge in [0.1, 0.15) is 5.75 Å². The second-order valence-corrected chi connectivity index (χ2v) is 7.82. The van der Waals surface area contributed by atoms with Crippen molar-refractivity contribution in [2.45, 2.75) is 38.4 Å². The summed E-state index contributed by atoms with van der Waals surface area (Å²) in [4.78, 5) is 35.5. The number of carboxylic acids is 1. The van der Waals surface area contributed by atoms with E-state index in [1.165, 1.54) is 0 Å². The summed E-state index contributed by atoms with van der Waals surface area (Å²) in [6.45, 7) is 0.413. The van der Waals surface area contributed by atoms with E-state index < -0.39 is 5.97 Å². The molecule has 0 aromatic heterocycles. The predicted octanol–water partition coefficient (Wildman–Crippen LogP) is 2.36. The van der Waals surface area contributed by atoms with Crippen LogP contribution in [0.3, 0.4) is 0 Å². The van der Waals surface area contributed by atoms with E-state index >= 15 is 0 Å². The lowest BCUT2D eigenvalue weighted by atomic mass is 9.87. The van der Waals surface area contributed by atoms with Crippen LogP contribution in [0.5, 0.6) is 5.75 Å². The van der Waals surface area contributed by atoms with Gasteiger partial charge in [-0.3, -0.25) is 14.4 Å². The van der Waals surface area contributed by atoms with E-state index in [9.17, 15) is 14.4 Å². The first-order valence-corrected chi connectivity index (χ1v) is 10.7. The Labute approximate surface area is 186 Å². The Morgan fingerprint density at radius 3 is 2.09 bits per heavy atom. The van der Waals surface area contributed by atoms with Crippen molar-refractivity contribution in [2.24, 2.45) is 5.92 Å². The van der Waals surface area contributed by atoms with Gasteiger partial charge >= 0.3 is 5.97 Å². The van der Waals surface area contributed by atoms with Crippen molar-refractivity contribution in [1.29, 1.82) is 0 Å². The van der Waals surface area contributed by atoms with Crippen molar-refractivity contribution in [3.8, 4) is 5.75 Å². The first kappa shape index (κ1) is 23.3. The molecule has 1 aliphatic carbocycles. The Bertz CT molecular complexity index is 936. The zero-order valence-electron chi connectivity index (χ0n) is 17.8. The molecule has 8 heteroatoms. The van der Waals surface area contributed by atoms with Gasteiger partial charge in [-0.2, -0.15) is 0 Å². The first-order chi connectivity index (χ1) is 15.5. The van der Waals surface area contributed by atoms with Gasteiger partial charge in [0.2, 0.25) is 0 Å². The summed E-state index contributed by atoms with van der Waals surface area (Å²) in [5.74, 6) is -0.896. The van der Waals surface area contributed by atoms with E-state index in [1.54, 1.807) is 48.5 Å². The molecule has 0 radical (unpaired) electrons. The van der Waals surface area contributed by atoms with Crippen LogP contribution in [0, 0.1) is 5.92 Å². The zero-order valence-corrected chi connectivity index (χ0v) is 17.8. The molecule has 8 nitrogen and oxygen atoms in total. The van der Waals surface area contributed by atoms with Crippen LogP contribution < -0.4 is 15.4 Å². The van der Waals surface area contributed by atoms with Crippen molar-refractivity contribution >= 4 is 17.8 Å². The van der Waals surface area contributed by atoms with E-state index in [0.717, 1.165) is 0 Å². The van der Waals surface area contributed by atoms with Crippen LogP contribution in [-0.4, -0.2) is 47.2 Å². The highest BCUT2D eigenvalue weighted by Crippen LogP contribution is 2.28. The SMILES string of the molecule is O=C(NCCNC(=O)c1cccc(CO)c1)c1ccc(OC2CCC(C(=O)O)CC2)cc1. The molecule has 2 aromatic rings. The monoisotopic (exact) mass is 440 g/mol. The molecule has 4 N–H and O–H groups in total. The third kappa shape index (κ3) is 6.55. The third-order valence-electron chi connectivity index (χ3n) is 5.51. The van der Waals surface area contributed by atoms with E-state index in [0.29, 0.717) is 48.1 Å².